The van der Waals surface area contributed by atoms with Gasteiger partial charge in [-0.25, -0.2) is 0 Å². The molecule has 0 bridgehead atoms. The minimum Gasteiger partial charge on any atom is -0.386 e. The summed E-state index contributed by atoms with van der Waals surface area (Å²) in [5, 5.41) is 14.1. The Morgan fingerprint density at radius 2 is 2.19 bits per heavy atom. The molecule has 0 atom stereocenters. The fourth-order valence-corrected chi connectivity index (χ4v) is 1.81. The minimum absolute atomic E-state index is 0.106. The molecule has 1 saturated heterocycles. The number of hydrogen-bond donors (Lipinski definition) is 1. The van der Waals surface area contributed by atoms with E-state index >= 15 is 0 Å². The standard InChI is InChI=1S/C11H17N3O2/c1-8(2)11(16)6-14(7-11)10(15)9-4-5-13(3)12-9/h4-5,8,16H,6-7H2,1-3H3. The summed E-state index contributed by atoms with van der Waals surface area (Å²) in [7, 11) is 1.78. The fraction of sp³-hybridized carbons (Fsp3) is 0.636. The zero-order valence-electron chi connectivity index (χ0n) is 9.84. The van der Waals surface area contributed by atoms with Gasteiger partial charge in [-0.3, -0.25) is 9.48 Å². The van der Waals surface area contributed by atoms with Crippen LogP contribution in [0.4, 0.5) is 0 Å². The van der Waals surface area contributed by atoms with Crippen molar-refractivity contribution in [3.8, 4) is 0 Å². The normalized spacial score (nSPS) is 18.7. The Balaban J connectivity index is 2.00. The van der Waals surface area contributed by atoms with Crippen LogP contribution >= 0.6 is 0 Å². The van der Waals surface area contributed by atoms with Crippen LogP contribution in [0.2, 0.25) is 0 Å². The van der Waals surface area contributed by atoms with E-state index in [-0.39, 0.29) is 11.8 Å². The fourth-order valence-electron chi connectivity index (χ4n) is 1.81. The third-order valence-corrected chi connectivity index (χ3v) is 3.22. The van der Waals surface area contributed by atoms with Crippen LogP contribution in [0.5, 0.6) is 0 Å². The SMILES string of the molecule is CC(C)C1(O)CN(C(=O)c2ccn(C)n2)C1. The van der Waals surface area contributed by atoms with Gasteiger partial charge in [0.15, 0.2) is 0 Å². The van der Waals surface area contributed by atoms with Crippen LogP contribution in [-0.4, -0.2) is 44.4 Å². The molecular weight excluding hydrogens is 206 g/mol. The number of hydrogen-bond acceptors (Lipinski definition) is 3. The van der Waals surface area contributed by atoms with Crippen LogP contribution < -0.4 is 0 Å². The molecule has 5 nitrogen and oxygen atoms in total. The van der Waals surface area contributed by atoms with E-state index in [1.807, 2.05) is 13.8 Å². The van der Waals surface area contributed by atoms with E-state index in [1.165, 1.54) is 0 Å². The third-order valence-electron chi connectivity index (χ3n) is 3.22. The van der Waals surface area contributed by atoms with Crippen molar-refractivity contribution in [2.45, 2.75) is 19.4 Å². The van der Waals surface area contributed by atoms with Gasteiger partial charge in [-0.15, -0.1) is 0 Å². The number of aromatic nitrogens is 2. The minimum atomic E-state index is -0.718. The summed E-state index contributed by atoms with van der Waals surface area (Å²) in [6.07, 6.45) is 1.74. The monoisotopic (exact) mass is 223 g/mol. The molecule has 88 valence electrons. The second kappa shape index (κ2) is 3.59. The Morgan fingerprint density at radius 3 is 2.62 bits per heavy atom. The number of carbonyl (C=O) groups is 1. The van der Waals surface area contributed by atoms with Crippen molar-refractivity contribution >= 4 is 5.91 Å². The molecule has 1 aliphatic heterocycles. The summed E-state index contributed by atoms with van der Waals surface area (Å²) in [6, 6.07) is 1.69. The zero-order valence-corrected chi connectivity index (χ0v) is 9.84. The van der Waals surface area contributed by atoms with Gasteiger partial charge >= 0.3 is 0 Å². The highest BCUT2D eigenvalue weighted by atomic mass is 16.3. The maximum Gasteiger partial charge on any atom is 0.274 e. The molecule has 0 unspecified atom stereocenters. The van der Waals surface area contributed by atoms with Crippen molar-refractivity contribution in [1.29, 1.82) is 0 Å². The topological polar surface area (TPSA) is 58.4 Å². The van der Waals surface area contributed by atoms with E-state index < -0.39 is 5.60 Å². The quantitative estimate of drug-likeness (QED) is 0.782. The van der Waals surface area contributed by atoms with Crippen molar-refractivity contribution in [3.63, 3.8) is 0 Å². The molecule has 0 spiro atoms. The number of aliphatic hydroxyl groups is 1. The van der Waals surface area contributed by atoms with E-state index in [0.29, 0.717) is 18.8 Å². The van der Waals surface area contributed by atoms with Gasteiger partial charge in [-0.1, -0.05) is 13.8 Å². The Labute approximate surface area is 94.7 Å². The average molecular weight is 223 g/mol. The van der Waals surface area contributed by atoms with Crippen molar-refractivity contribution in [2.75, 3.05) is 13.1 Å². The lowest BCUT2D eigenvalue weighted by Crippen LogP contribution is -2.66. The Bertz CT molecular complexity index is 405. The molecule has 0 aliphatic carbocycles. The van der Waals surface area contributed by atoms with Gasteiger partial charge in [0.1, 0.15) is 11.3 Å². The molecule has 2 heterocycles. The Hall–Kier alpha value is -1.36. The summed E-state index contributed by atoms with van der Waals surface area (Å²) in [5.41, 5.74) is -0.280. The molecular formula is C11H17N3O2. The molecule has 2 rings (SSSR count). The van der Waals surface area contributed by atoms with Gasteiger partial charge in [-0.05, 0) is 12.0 Å². The van der Waals surface area contributed by atoms with E-state index in [4.69, 9.17) is 0 Å². The highest BCUT2D eigenvalue weighted by Crippen LogP contribution is 2.29. The first-order valence-electron chi connectivity index (χ1n) is 5.44. The molecule has 1 aromatic heterocycles. The number of likely N-dealkylation sites (tertiary alicyclic amines) is 1. The van der Waals surface area contributed by atoms with Crippen LogP contribution in [0, 0.1) is 5.92 Å². The molecule has 16 heavy (non-hydrogen) atoms. The van der Waals surface area contributed by atoms with Gasteiger partial charge in [0.2, 0.25) is 0 Å². The second-order valence-electron chi connectivity index (χ2n) is 4.79. The van der Waals surface area contributed by atoms with Crippen molar-refractivity contribution in [3.05, 3.63) is 18.0 Å². The first-order valence-corrected chi connectivity index (χ1v) is 5.44. The Morgan fingerprint density at radius 1 is 1.56 bits per heavy atom. The molecule has 0 saturated carbocycles. The van der Waals surface area contributed by atoms with Gasteiger partial charge < -0.3 is 10.0 Å². The summed E-state index contributed by atoms with van der Waals surface area (Å²) < 4.78 is 1.60. The third kappa shape index (κ3) is 1.71. The van der Waals surface area contributed by atoms with Crippen molar-refractivity contribution < 1.29 is 9.90 Å². The molecule has 0 radical (unpaired) electrons. The van der Waals surface area contributed by atoms with E-state index in [0.717, 1.165) is 0 Å². The lowest BCUT2D eigenvalue weighted by molar-refractivity contribution is -0.111. The van der Waals surface area contributed by atoms with E-state index in [2.05, 4.69) is 5.10 Å². The van der Waals surface area contributed by atoms with Gasteiger partial charge in [0.25, 0.3) is 5.91 Å². The first kappa shape index (κ1) is 11.1. The van der Waals surface area contributed by atoms with Gasteiger partial charge in [0.05, 0.1) is 13.1 Å². The molecule has 1 aliphatic rings. The number of rotatable bonds is 2. The van der Waals surface area contributed by atoms with E-state index in [9.17, 15) is 9.90 Å². The molecule has 1 N–H and O–H groups in total. The Kier molecular flexibility index (Phi) is 2.50. The maximum atomic E-state index is 11.9. The molecule has 5 heteroatoms. The largest absolute Gasteiger partial charge is 0.386 e. The second-order valence-corrected chi connectivity index (χ2v) is 4.79. The van der Waals surface area contributed by atoms with Gasteiger partial charge in [-0.2, -0.15) is 5.10 Å². The van der Waals surface area contributed by atoms with Crippen molar-refractivity contribution in [2.24, 2.45) is 13.0 Å². The predicted molar refractivity (Wildman–Crippen MR) is 58.9 cm³/mol. The van der Waals surface area contributed by atoms with Crippen molar-refractivity contribution in [1.82, 2.24) is 14.7 Å². The highest BCUT2D eigenvalue weighted by molar-refractivity contribution is 5.93. The predicted octanol–water partition coefficient (Wildman–Crippen LogP) is 0.263. The summed E-state index contributed by atoms with van der Waals surface area (Å²) in [4.78, 5) is 13.5. The van der Waals surface area contributed by atoms with Gasteiger partial charge in [0, 0.05) is 13.2 Å². The number of β-amino-alcohol motifs (C(OH)–C–C–N with tert-alkyl or cyclic N) is 1. The number of amides is 1. The number of carbonyl (C=O) groups excluding carboxylic acids is 1. The lowest BCUT2D eigenvalue weighted by atomic mass is 9.83. The van der Waals surface area contributed by atoms with Crippen LogP contribution in [0.15, 0.2) is 12.3 Å². The maximum absolute atomic E-state index is 11.9. The molecule has 0 aromatic carbocycles. The first-order chi connectivity index (χ1) is 7.42. The summed E-state index contributed by atoms with van der Waals surface area (Å²) >= 11 is 0. The average Bonchev–Trinajstić information content (AvgIpc) is 2.58. The van der Waals surface area contributed by atoms with E-state index in [1.54, 1.807) is 28.9 Å². The highest BCUT2D eigenvalue weighted by Gasteiger charge is 2.46. The smallest absolute Gasteiger partial charge is 0.274 e. The van der Waals surface area contributed by atoms with Crippen LogP contribution in [0.1, 0.15) is 24.3 Å². The lowest BCUT2D eigenvalue weighted by Gasteiger charge is -2.48. The molecule has 1 fully saturated rings. The molecule has 1 aromatic rings. The van der Waals surface area contributed by atoms with Crippen LogP contribution in [-0.2, 0) is 7.05 Å². The molecule has 1 amide bonds. The summed E-state index contributed by atoms with van der Waals surface area (Å²) in [6.45, 7) is 4.73. The number of aryl methyl sites for hydroxylation is 1. The van der Waals surface area contributed by atoms with Crippen LogP contribution in [0.25, 0.3) is 0 Å². The number of nitrogens with zero attached hydrogens (tertiary/aromatic N) is 3. The summed E-state index contributed by atoms with van der Waals surface area (Å²) in [5.74, 6) is 0.0613. The van der Waals surface area contributed by atoms with Crippen LogP contribution in [0.3, 0.4) is 0 Å². The zero-order chi connectivity index (χ0) is 11.9.